The Bertz CT molecular complexity index is 310. The van der Waals surface area contributed by atoms with Gasteiger partial charge in [-0.25, -0.2) is 0 Å². The Balaban J connectivity index is 2.75. The highest BCUT2D eigenvalue weighted by molar-refractivity contribution is 9.10. The molecule has 1 rings (SSSR count). The second-order valence-electron chi connectivity index (χ2n) is 2.47. The Hall–Kier alpha value is -0.350. The van der Waals surface area contributed by atoms with Crippen LogP contribution >= 0.6 is 31.9 Å². The SMILES string of the molecule is CC(Br)C(=O)Oc1ccccc1Br. The molecule has 0 aliphatic carbocycles. The minimum Gasteiger partial charge on any atom is -0.425 e. The highest BCUT2D eigenvalue weighted by Gasteiger charge is 2.12. The Labute approximate surface area is 93.5 Å². The van der Waals surface area contributed by atoms with Gasteiger partial charge in [0.25, 0.3) is 0 Å². The number of carbonyl (C=O) groups excluding carboxylic acids is 1. The first kappa shape index (κ1) is 10.7. The molecule has 1 atom stereocenters. The van der Waals surface area contributed by atoms with E-state index in [0.717, 1.165) is 4.47 Å². The van der Waals surface area contributed by atoms with Gasteiger partial charge in [-0.05, 0) is 35.0 Å². The molecule has 1 aromatic carbocycles. The van der Waals surface area contributed by atoms with E-state index in [9.17, 15) is 4.79 Å². The lowest BCUT2D eigenvalue weighted by Gasteiger charge is -2.06. The smallest absolute Gasteiger partial charge is 0.324 e. The van der Waals surface area contributed by atoms with Crippen molar-refractivity contribution in [2.45, 2.75) is 11.8 Å². The van der Waals surface area contributed by atoms with Gasteiger partial charge in [-0.15, -0.1) is 0 Å². The van der Waals surface area contributed by atoms with E-state index in [-0.39, 0.29) is 10.8 Å². The number of esters is 1. The standard InChI is InChI=1S/C9H8Br2O2/c1-6(10)9(12)13-8-5-3-2-4-7(8)11/h2-6H,1H3. The average molecular weight is 308 g/mol. The zero-order valence-corrected chi connectivity index (χ0v) is 10.1. The summed E-state index contributed by atoms with van der Waals surface area (Å²) in [7, 11) is 0. The van der Waals surface area contributed by atoms with Crippen LogP contribution in [0, 0.1) is 0 Å². The van der Waals surface area contributed by atoms with E-state index in [1.165, 1.54) is 0 Å². The fraction of sp³-hybridized carbons (Fsp3) is 0.222. The molecule has 0 aliphatic rings. The molecule has 4 heteroatoms. The van der Waals surface area contributed by atoms with Crippen molar-refractivity contribution in [3.8, 4) is 5.75 Å². The van der Waals surface area contributed by atoms with Gasteiger partial charge in [-0.1, -0.05) is 28.1 Å². The van der Waals surface area contributed by atoms with Gasteiger partial charge in [0.05, 0.1) is 4.47 Å². The van der Waals surface area contributed by atoms with Crippen molar-refractivity contribution in [1.29, 1.82) is 0 Å². The molecule has 2 nitrogen and oxygen atoms in total. The summed E-state index contributed by atoms with van der Waals surface area (Å²) in [6.45, 7) is 1.72. The summed E-state index contributed by atoms with van der Waals surface area (Å²) in [5, 5.41) is 0. The van der Waals surface area contributed by atoms with E-state index in [0.29, 0.717) is 5.75 Å². The second kappa shape index (κ2) is 4.77. The summed E-state index contributed by atoms with van der Waals surface area (Å²) in [6, 6.07) is 7.23. The molecule has 0 spiro atoms. The summed E-state index contributed by atoms with van der Waals surface area (Å²) in [4.78, 5) is 10.9. The van der Waals surface area contributed by atoms with Gasteiger partial charge >= 0.3 is 5.97 Å². The maximum absolute atomic E-state index is 11.2. The zero-order chi connectivity index (χ0) is 9.84. The van der Waals surface area contributed by atoms with Crippen molar-refractivity contribution in [3.63, 3.8) is 0 Å². The number of ether oxygens (including phenoxy) is 1. The predicted octanol–water partition coefficient (Wildman–Crippen LogP) is 3.14. The lowest BCUT2D eigenvalue weighted by atomic mass is 10.3. The second-order valence-corrected chi connectivity index (χ2v) is 4.70. The van der Waals surface area contributed by atoms with Crippen molar-refractivity contribution < 1.29 is 9.53 Å². The first-order valence-electron chi connectivity index (χ1n) is 3.71. The fourth-order valence-electron chi connectivity index (χ4n) is 0.717. The minimum absolute atomic E-state index is 0.292. The topological polar surface area (TPSA) is 26.3 Å². The summed E-state index contributed by atoms with van der Waals surface area (Å²) >= 11 is 6.41. The normalized spacial score (nSPS) is 12.2. The third-order valence-electron chi connectivity index (χ3n) is 1.37. The molecule has 0 saturated carbocycles. The van der Waals surface area contributed by atoms with Gasteiger partial charge in [0, 0.05) is 0 Å². The number of hydrogen-bond donors (Lipinski definition) is 0. The van der Waals surface area contributed by atoms with E-state index in [2.05, 4.69) is 31.9 Å². The summed E-state index contributed by atoms with van der Waals surface area (Å²) in [6.07, 6.45) is 0. The molecule has 0 radical (unpaired) electrons. The van der Waals surface area contributed by atoms with Crippen molar-refractivity contribution >= 4 is 37.8 Å². The van der Waals surface area contributed by atoms with Crippen molar-refractivity contribution in [2.24, 2.45) is 0 Å². The number of halogens is 2. The van der Waals surface area contributed by atoms with Crippen LogP contribution in [0.25, 0.3) is 0 Å². The van der Waals surface area contributed by atoms with Gasteiger partial charge < -0.3 is 4.74 Å². The highest BCUT2D eigenvalue weighted by Crippen LogP contribution is 2.24. The lowest BCUT2D eigenvalue weighted by Crippen LogP contribution is -2.17. The third-order valence-corrected chi connectivity index (χ3v) is 2.40. The van der Waals surface area contributed by atoms with E-state index >= 15 is 0 Å². The van der Waals surface area contributed by atoms with Crippen LogP contribution < -0.4 is 4.74 Å². The zero-order valence-electron chi connectivity index (χ0n) is 6.96. The maximum Gasteiger partial charge on any atom is 0.324 e. The molecule has 13 heavy (non-hydrogen) atoms. The molecule has 1 aromatic rings. The summed E-state index contributed by atoms with van der Waals surface area (Å²) < 4.78 is 5.85. The van der Waals surface area contributed by atoms with Crippen molar-refractivity contribution in [2.75, 3.05) is 0 Å². The van der Waals surface area contributed by atoms with E-state index < -0.39 is 0 Å². The number of benzene rings is 1. The van der Waals surface area contributed by atoms with Crippen molar-refractivity contribution in [3.05, 3.63) is 28.7 Å². The molecule has 0 aromatic heterocycles. The molecule has 0 bridgehead atoms. The Morgan fingerprint density at radius 3 is 2.62 bits per heavy atom. The maximum atomic E-state index is 11.2. The average Bonchev–Trinajstić information content (AvgIpc) is 2.08. The Morgan fingerprint density at radius 1 is 1.46 bits per heavy atom. The van der Waals surface area contributed by atoms with Gasteiger partial charge in [0.2, 0.25) is 0 Å². The summed E-state index contributed by atoms with van der Waals surface area (Å²) in [5.74, 6) is 0.241. The molecular weight excluding hydrogens is 300 g/mol. The third kappa shape index (κ3) is 3.12. The first-order chi connectivity index (χ1) is 6.11. The van der Waals surface area contributed by atoms with E-state index in [1.807, 2.05) is 18.2 Å². The highest BCUT2D eigenvalue weighted by atomic mass is 79.9. The quantitative estimate of drug-likeness (QED) is 0.477. The fourth-order valence-corrected chi connectivity index (χ4v) is 1.18. The van der Waals surface area contributed by atoms with Crippen LogP contribution in [0.2, 0.25) is 0 Å². The monoisotopic (exact) mass is 306 g/mol. The molecule has 0 fully saturated rings. The van der Waals surface area contributed by atoms with Gasteiger partial charge in [0.1, 0.15) is 10.6 Å². The first-order valence-corrected chi connectivity index (χ1v) is 5.42. The number of carbonyl (C=O) groups is 1. The molecule has 70 valence electrons. The Kier molecular flexibility index (Phi) is 3.93. The molecule has 0 aliphatic heterocycles. The Morgan fingerprint density at radius 2 is 2.08 bits per heavy atom. The predicted molar refractivity (Wildman–Crippen MR) is 58.2 cm³/mol. The van der Waals surface area contributed by atoms with Gasteiger partial charge in [-0.3, -0.25) is 4.79 Å². The molecule has 0 N–H and O–H groups in total. The van der Waals surface area contributed by atoms with E-state index in [4.69, 9.17) is 4.74 Å². The van der Waals surface area contributed by atoms with Gasteiger partial charge in [0.15, 0.2) is 0 Å². The molecular formula is C9H8Br2O2. The van der Waals surface area contributed by atoms with Crippen LogP contribution in [0.1, 0.15) is 6.92 Å². The molecule has 1 unspecified atom stereocenters. The molecule has 0 heterocycles. The summed E-state index contributed by atoms with van der Waals surface area (Å²) in [5.41, 5.74) is 0. The number of para-hydroxylation sites is 1. The molecule has 0 saturated heterocycles. The number of rotatable bonds is 2. The van der Waals surface area contributed by atoms with Crippen molar-refractivity contribution in [1.82, 2.24) is 0 Å². The van der Waals surface area contributed by atoms with Crippen LogP contribution in [-0.4, -0.2) is 10.8 Å². The lowest BCUT2D eigenvalue weighted by molar-refractivity contribution is -0.133. The number of alkyl halides is 1. The largest absolute Gasteiger partial charge is 0.425 e. The minimum atomic E-state index is -0.299. The van der Waals surface area contributed by atoms with Gasteiger partial charge in [-0.2, -0.15) is 0 Å². The number of hydrogen-bond acceptors (Lipinski definition) is 2. The van der Waals surface area contributed by atoms with Crippen LogP contribution in [-0.2, 0) is 4.79 Å². The van der Waals surface area contributed by atoms with Crippen LogP contribution in [0.15, 0.2) is 28.7 Å². The van der Waals surface area contributed by atoms with Crippen LogP contribution in [0.5, 0.6) is 5.75 Å². The van der Waals surface area contributed by atoms with Crippen LogP contribution in [0.4, 0.5) is 0 Å². The molecule has 0 amide bonds. The van der Waals surface area contributed by atoms with Crippen LogP contribution in [0.3, 0.4) is 0 Å². The van der Waals surface area contributed by atoms with E-state index in [1.54, 1.807) is 13.0 Å².